The van der Waals surface area contributed by atoms with E-state index in [2.05, 4.69) is 20.0 Å². The van der Waals surface area contributed by atoms with E-state index < -0.39 is 40.5 Å². The molecule has 0 aliphatic carbocycles. The molecule has 0 saturated carbocycles. The molecule has 1 aromatic carbocycles. The van der Waals surface area contributed by atoms with Gasteiger partial charge < -0.3 is 9.84 Å². The van der Waals surface area contributed by atoms with Crippen LogP contribution in [0.25, 0.3) is 11.5 Å². The minimum Gasteiger partial charge on any atom is -0.334 e. The van der Waals surface area contributed by atoms with Gasteiger partial charge in [0.05, 0.1) is 6.54 Å². The maximum Gasteiger partial charge on any atom is 0.264 e. The van der Waals surface area contributed by atoms with Crippen LogP contribution in [-0.2, 0) is 6.54 Å². The highest BCUT2D eigenvalue weighted by atomic mass is 19.2. The van der Waals surface area contributed by atoms with Crippen LogP contribution in [0.5, 0.6) is 0 Å². The number of hydrogen-bond donors (Lipinski definition) is 1. The lowest BCUT2D eigenvalue weighted by Gasteiger charge is -2.03. The second-order valence-corrected chi connectivity index (χ2v) is 3.49. The number of aromatic nitrogens is 2. The third kappa shape index (κ3) is 2.16. The molecule has 1 aromatic heterocycles. The molecule has 0 unspecified atom stereocenters. The lowest BCUT2D eigenvalue weighted by Crippen LogP contribution is -2.07. The van der Waals surface area contributed by atoms with Crippen LogP contribution in [0.2, 0.25) is 0 Å². The van der Waals surface area contributed by atoms with Gasteiger partial charge in [0.1, 0.15) is 5.56 Å². The SMILES string of the molecule is CNCc1noc(-c2c(F)c(F)c(F)c(F)c2F)n1. The van der Waals surface area contributed by atoms with Crippen LogP contribution in [0.15, 0.2) is 4.52 Å². The van der Waals surface area contributed by atoms with Gasteiger partial charge in [0, 0.05) is 0 Å². The van der Waals surface area contributed by atoms with Gasteiger partial charge in [-0.15, -0.1) is 0 Å². The Morgan fingerprint density at radius 2 is 1.47 bits per heavy atom. The van der Waals surface area contributed by atoms with E-state index in [0.717, 1.165) is 0 Å². The zero-order valence-electron chi connectivity index (χ0n) is 9.40. The Hall–Kier alpha value is -2.03. The molecule has 0 aliphatic heterocycles. The lowest BCUT2D eigenvalue weighted by molar-refractivity contribution is 0.372. The molecular formula is C10H6F5N3O. The molecular weight excluding hydrogens is 273 g/mol. The van der Waals surface area contributed by atoms with E-state index in [9.17, 15) is 22.0 Å². The van der Waals surface area contributed by atoms with E-state index in [0.29, 0.717) is 0 Å². The summed E-state index contributed by atoms with van der Waals surface area (Å²) in [5, 5.41) is 5.95. The van der Waals surface area contributed by atoms with Crippen LogP contribution < -0.4 is 5.32 Å². The Morgan fingerprint density at radius 3 is 2.00 bits per heavy atom. The van der Waals surface area contributed by atoms with Gasteiger partial charge in [-0.2, -0.15) is 4.98 Å². The second-order valence-electron chi connectivity index (χ2n) is 3.49. The molecule has 0 atom stereocenters. The van der Waals surface area contributed by atoms with Gasteiger partial charge in [-0.3, -0.25) is 0 Å². The molecule has 0 spiro atoms. The molecule has 2 rings (SSSR count). The highest BCUT2D eigenvalue weighted by Crippen LogP contribution is 2.30. The summed E-state index contributed by atoms with van der Waals surface area (Å²) in [6.07, 6.45) is 0. The second kappa shape index (κ2) is 4.92. The summed E-state index contributed by atoms with van der Waals surface area (Å²) in [6, 6.07) is 0. The average molecular weight is 279 g/mol. The van der Waals surface area contributed by atoms with E-state index in [4.69, 9.17) is 0 Å². The first-order valence-electron chi connectivity index (χ1n) is 4.96. The fourth-order valence-electron chi connectivity index (χ4n) is 1.38. The topological polar surface area (TPSA) is 51.0 Å². The van der Waals surface area contributed by atoms with Crippen molar-refractivity contribution in [2.75, 3.05) is 7.05 Å². The van der Waals surface area contributed by atoms with Crippen LogP contribution in [0.3, 0.4) is 0 Å². The van der Waals surface area contributed by atoms with Crippen LogP contribution in [0, 0.1) is 29.1 Å². The molecule has 0 aliphatic rings. The van der Waals surface area contributed by atoms with Gasteiger partial charge >= 0.3 is 0 Å². The van der Waals surface area contributed by atoms with Gasteiger partial charge in [-0.05, 0) is 7.05 Å². The summed E-state index contributed by atoms with van der Waals surface area (Å²) in [5.74, 6) is -11.2. The van der Waals surface area contributed by atoms with Crippen LogP contribution >= 0.6 is 0 Å². The third-order valence-electron chi connectivity index (χ3n) is 2.23. The van der Waals surface area contributed by atoms with Crippen molar-refractivity contribution >= 4 is 0 Å². The predicted octanol–water partition coefficient (Wildman–Crippen LogP) is 2.15. The Labute approximate surface area is 103 Å². The maximum absolute atomic E-state index is 13.4. The Morgan fingerprint density at radius 1 is 0.947 bits per heavy atom. The summed E-state index contributed by atoms with van der Waals surface area (Å²) in [4.78, 5) is 3.53. The van der Waals surface area contributed by atoms with E-state index >= 15 is 0 Å². The summed E-state index contributed by atoms with van der Waals surface area (Å²) in [7, 11) is 1.55. The van der Waals surface area contributed by atoms with E-state index in [-0.39, 0.29) is 12.4 Å². The maximum atomic E-state index is 13.4. The van der Waals surface area contributed by atoms with Gasteiger partial charge in [0.25, 0.3) is 5.89 Å². The van der Waals surface area contributed by atoms with Crippen molar-refractivity contribution in [2.24, 2.45) is 0 Å². The first-order valence-corrected chi connectivity index (χ1v) is 4.96. The minimum absolute atomic E-state index is 0.0152. The van der Waals surface area contributed by atoms with Gasteiger partial charge in [0.15, 0.2) is 29.1 Å². The van der Waals surface area contributed by atoms with E-state index in [1.165, 1.54) is 0 Å². The largest absolute Gasteiger partial charge is 0.334 e. The molecule has 102 valence electrons. The normalized spacial score (nSPS) is 11.1. The number of hydrogen-bond acceptors (Lipinski definition) is 4. The molecule has 0 amide bonds. The zero-order chi connectivity index (χ0) is 14.2. The van der Waals surface area contributed by atoms with Crippen molar-refractivity contribution in [3.05, 3.63) is 34.9 Å². The molecule has 0 radical (unpaired) electrons. The molecule has 1 N–H and O–H groups in total. The lowest BCUT2D eigenvalue weighted by atomic mass is 10.1. The quantitative estimate of drug-likeness (QED) is 0.531. The molecule has 2 aromatic rings. The molecule has 4 nitrogen and oxygen atoms in total. The fraction of sp³-hybridized carbons (Fsp3) is 0.200. The Bertz CT molecular complexity index is 599. The molecule has 0 fully saturated rings. The summed E-state index contributed by atoms with van der Waals surface area (Å²) >= 11 is 0. The number of nitrogens with zero attached hydrogens (tertiary/aromatic N) is 2. The van der Waals surface area contributed by atoms with Crippen molar-refractivity contribution in [2.45, 2.75) is 6.54 Å². The van der Waals surface area contributed by atoms with Crippen molar-refractivity contribution in [1.29, 1.82) is 0 Å². The fourth-order valence-corrected chi connectivity index (χ4v) is 1.38. The first kappa shape index (κ1) is 13.4. The average Bonchev–Trinajstić information content (AvgIpc) is 2.83. The summed E-state index contributed by atoms with van der Waals surface area (Å²) in [6.45, 7) is 0.110. The standard InChI is InChI=1S/C10H6F5N3O/c1-16-2-3-17-10(19-18-3)4-5(11)7(13)9(15)8(14)6(4)12/h16H,2H2,1H3. The highest BCUT2D eigenvalue weighted by Gasteiger charge is 2.29. The zero-order valence-corrected chi connectivity index (χ0v) is 9.40. The molecule has 9 heteroatoms. The predicted molar refractivity (Wildman–Crippen MR) is 52.3 cm³/mol. The molecule has 0 saturated heterocycles. The monoisotopic (exact) mass is 279 g/mol. The number of nitrogens with one attached hydrogen (secondary N) is 1. The summed E-state index contributed by atoms with van der Waals surface area (Å²) in [5.41, 5.74) is -1.24. The van der Waals surface area contributed by atoms with E-state index in [1.54, 1.807) is 7.05 Å². The molecule has 0 bridgehead atoms. The third-order valence-corrected chi connectivity index (χ3v) is 2.23. The van der Waals surface area contributed by atoms with E-state index in [1.807, 2.05) is 0 Å². The smallest absolute Gasteiger partial charge is 0.264 e. The van der Waals surface area contributed by atoms with Crippen LogP contribution in [0.4, 0.5) is 22.0 Å². The number of halogens is 5. The highest BCUT2D eigenvalue weighted by molar-refractivity contribution is 5.55. The van der Waals surface area contributed by atoms with Gasteiger partial charge in [-0.1, -0.05) is 5.16 Å². The molecule has 1 heterocycles. The summed E-state index contributed by atoms with van der Waals surface area (Å²) < 4.78 is 70.1. The molecule has 19 heavy (non-hydrogen) atoms. The Kier molecular flexibility index (Phi) is 3.47. The van der Waals surface area contributed by atoms with Crippen LogP contribution in [0.1, 0.15) is 5.82 Å². The van der Waals surface area contributed by atoms with Crippen LogP contribution in [-0.4, -0.2) is 17.2 Å². The van der Waals surface area contributed by atoms with Crippen molar-refractivity contribution in [1.82, 2.24) is 15.5 Å². The van der Waals surface area contributed by atoms with Crippen molar-refractivity contribution in [3.63, 3.8) is 0 Å². The number of benzene rings is 1. The Balaban J connectivity index is 2.61. The number of rotatable bonds is 3. The van der Waals surface area contributed by atoms with Crippen molar-refractivity contribution in [3.8, 4) is 11.5 Å². The first-order chi connectivity index (χ1) is 8.97. The van der Waals surface area contributed by atoms with Gasteiger partial charge in [-0.25, -0.2) is 22.0 Å². The van der Waals surface area contributed by atoms with Gasteiger partial charge in [0.2, 0.25) is 5.82 Å². The van der Waals surface area contributed by atoms with Crippen molar-refractivity contribution < 1.29 is 26.5 Å². The minimum atomic E-state index is -2.24.